The van der Waals surface area contributed by atoms with Crippen LogP contribution in [0.5, 0.6) is 0 Å². The average Bonchev–Trinajstić information content (AvgIpc) is 2.46. The first-order chi connectivity index (χ1) is 10.4. The van der Waals surface area contributed by atoms with Crippen molar-refractivity contribution in [3.05, 3.63) is 18.1 Å². The molecule has 1 aromatic rings. The summed E-state index contributed by atoms with van der Waals surface area (Å²) in [7, 11) is 0. The first-order valence-electron chi connectivity index (χ1n) is 7.40. The van der Waals surface area contributed by atoms with Gasteiger partial charge in [0.05, 0.1) is 0 Å². The molecule has 1 aliphatic rings. The van der Waals surface area contributed by atoms with Gasteiger partial charge < -0.3 is 15.0 Å². The Bertz CT molecular complexity index is 566. The van der Waals surface area contributed by atoms with Gasteiger partial charge in [0.2, 0.25) is 0 Å². The lowest BCUT2D eigenvalue weighted by Crippen LogP contribution is -2.46. The lowest BCUT2D eigenvalue weighted by Gasteiger charge is -2.33. The molecule has 2 heterocycles. The predicted octanol–water partition coefficient (Wildman–Crippen LogP) is 1.95. The summed E-state index contributed by atoms with van der Waals surface area (Å²) in [5, 5.41) is 2.92. The lowest BCUT2D eigenvalue weighted by molar-refractivity contribution is 0.0497. The minimum Gasteiger partial charge on any atom is -0.444 e. The molecule has 0 spiro atoms. The largest absolute Gasteiger partial charge is 0.444 e. The molecular formula is C16H22N4O2. The van der Waals surface area contributed by atoms with Crippen molar-refractivity contribution in [2.75, 3.05) is 18.0 Å². The molecule has 0 radical (unpaired) electrons. The number of terminal acetylenes is 1. The number of ether oxygens (including phenoxy) is 1. The maximum Gasteiger partial charge on any atom is 0.407 e. The molecule has 1 aromatic heterocycles. The zero-order valence-electron chi connectivity index (χ0n) is 13.3. The van der Waals surface area contributed by atoms with Crippen molar-refractivity contribution >= 4 is 11.9 Å². The molecular weight excluding hydrogens is 280 g/mol. The van der Waals surface area contributed by atoms with Crippen LogP contribution in [0.3, 0.4) is 0 Å². The van der Waals surface area contributed by atoms with Gasteiger partial charge in [-0.2, -0.15) is 0 Å². The van der Waals surface area contributed by atoms with Crippen molar-refractivity contribution in [3.8, 4) is 12.3 Å². The topological polar surface area (TPSA) is 67.4 Å². The van der Waals surface area contributed by atoms with Crippen LogP contribution in [-0.2, 0) is 4.74 Å². The van der Waals surface area contributed by atoms with E-state index >= 15 is 0 Å². The second kappa shape index (κ2) is 6.65. The van der Waals surface area contributed by atoms with Crippen LogP contribution >= 0.6 is 0 Å². The molecule has 1 saturated heterocycles. The molecule has 0 atom stereocenters. The standard InChI is InChI=1S/C16H22N4O2/c1-5-12-10-14(18-11-17-12)20-8-6-13(7-9-20)19-15(21)22-16(2,3)4/h1,10-11,13H,6-9H2,2-4H3,(H,19,21). The second-order valence-corrected chi connectivity index (χ2v) is 6.31. The SMILES string of the molecule is C#Cc1cc(N2CCC(NC(=O)OC(C)(C)C)CC2)ncn1. The molecule has 2 rings (SSSR count). The molecule has 0 unspecified atom stereocenters. The van der Waals surface area contributed by atoms with E-state index in [2.05, 4.69) is 26.1 Å². The molecule has 118 valence electrons. The second-order valence-electron chi connectivity index (χ2n) is 6.31. The summed E-state index contributed by atoms with van der Waals surface area (Å²) in [6.07, 6.45) is 8.16. The Labute approximate surface area is 131 Å². The third-order valence-corrected chi connectivity index (χ3v) is 3.34. The van der Waals surface area contributed by atoms with Crippen LogP contribution in [0, 0.1) is 12.3 Å². The quantitative estimate of drug-likeness (QED) is 0.846. The monoisotopic (exact) mass is 302 g/mol. The highest BCUT2D eigenvalue weighted by Gasteiger charge is 2.24. The van der Waals surface area contributed by atoms with E-state index in [1.165, 1.54) is 6.33 Å². The predicted molar refractivity (Wildman–Crippen MR) is 84.6 cm³/mol. The molecule has 22 heavy (non-hydrogen) atoms. The highest BCUT2D eigenvalue weighted by molar-refractivity contribution is 5.68. The van der Waals surface area contributed by atoms with E-state index in [4.69, 9.17) is 11.2 Å². The Kier molecular flexibility index (Phi) is 4.86. The number of carbonyl (C=O) groups excluding carboxylic acids is 1. The number of carbonyl (C=O) groups is 1. The summed E-state index contributed by atoms with van der Waals surface area (Å²) in [4.78, 5) is 22.2. The third kappa shape index (κ3) is 4.62. The van der Waals surface area contributed by atoms with E-state index in [-0.39, 0.29) is 12.1 Å². The van der Waals surface area contributed by atoms with Gasteiger partial charge in [-0.1, -0.05) is 5.92 Å². The number of nitrogens with one attached hydrogen (secondary N) is 1. The van der Waals surface area contributed by atoms with Crippen LogP contribution in [0.1, 0.15) is 39.3 Å². The summed E-state index contributed by atoms with van der Waals surface area (Å²) >= 11 is 0. The summed E-state index contributed by atoms with van der Waals surface area (Å²) in [6.45, 7) is 7.18. The fourth-order valence-electron chi connectivity index (χ4n) is 2.33. The fraction of sp³-hybridized carbons (Fsp3) is 0.562. The van der Waals surface area contributed by atoms with Gasteiger partial charge in [0.25, 0.3) is 0 Å². The van der Waals surface area contributed by atoms with E-state index in [1.54, 1.807) is 0 Å². The summed E-state index contributed by atoms with van der Waals surface area (Å²) in [5.74, 6) is 3.34. The van der Waals surface area contributed by atoms with Crippen molar-refractivity contribution < 1.29 is 9.53 Å². The zero-order valence-corrected chi connectivity index (χ0v) is 13.3. The minimum absolute atomic E-state index is 0.125. The molecule has 0 aliphatic carbocycles. The number of hydrogen-bond donors (Lipinski definition) is 1. The van der Waals surface area contributed by atoms with Crippen LogP contribution in [0.4, 0.5) is 10.6 Å². The van der Waals surface area contributed by atoms with E-state index < -0.39 is 5.60 Å². The summed E-state index contributed by atoms with van der Waals surface area (Å²) < 4.78 is 5.28. The van der Waals surface area contributed by atoms with Gasteiger partial charge in [0.1, 0.15) is 23.4 Å². The van der Waals surface area contributed by atoms with Crippen LogP contribution in [-0.4, -0.2) is 40.8 Å². The molecule has 1 fully saturated rings. The molecule has 0 saturated carbocycles. The number of aromatic nitrogens is 2. The van der Waals surface area contributed by atoms with Gasteiger partial charge in [0, 0.05) is 25.2 Å². The van der Waals surface area contributed by atoms with Crippen LogP contribution in [0.25, 0.3) is 0 Å². The van der Waals surface area contributed by atoms with Crippen molar-refractivity contribution in [1.29, 1.82) is 0 Å². The van der Waals surface area contributed by atoms with Crippen molar-refractivity contribution in [1.82, 2.24) is 15.3 Å². The van der Waals surface area contributed by atoms with Gasteiger partial charge in [0.15, 0.2) is 0 Å². The number of alkyl carbamates (subject to hydrolysis) is 1. The molecule has 1 N–H and O–H groups in total. The van der Waals surface area contributed by atoms with Crippen molar-refractivity contribution in [3.63, 3.8) is 0 Å². The van der Waals surface area contributed by atoms with Gasteiger partial charge in [-0.3, -0.25) is 0 Å². The zero-order chi connectivity index (χ0) is 16.2. The molecule has 1 aliphatic heterocycles. The number of amides is 1. The number of anilines is 1. The van der Waals surface area contributed by atoms with Gasteiger partial charge >= 0.3 is 6.09 Å². The Balaban J connectivity index is 1.85. The van der Waals surface area contributed by atoms with Gasteiger partial charge in [-0.05, 0) is 33.6 Å². The number of piperidine rings is 1. The van der Waals surface area contributed by atoms with Crippen LogP contribution < -0.4 is 10.2 Å². The normalized spacial score (nSPS) is 16.0. The Morgan fingerprint density at radius 1 is 1.41 bits per heavy atom. The maximum absolute atomic E-state index is 11.8. The van der Waals surface area contributed by atoms with Crippen molar-refractivity contribution in [2.45, 2.75) is 45.3 Å². The molecule has 0 bridgehead atoms. The minimum atomic E-state index is -0.475. The van der Waals surface area contributed by atoms with E-state index in [9.17, 15) is 4.79 Å². The van der Waals surface area contributed by atoms with Gasteiger partial charge in [-0.15, -0.1) is 6.42 Å². The number of nitrogens with zero attached hydrogens (tertiary/aromatic N) is 3. The Morgan fingerprint density at radius 2 is 2.09 bits per heavy atom. The first kappa shape index (κ1) is 16.1. The van der Waals surface area contributed by atoms with Crippen LogP contribution in [0.15, 0.2) is 12.4 Å². The number of rotatable bonds is 2. The fourth-order valence-corrected chi connectivity index (χ4v) is 2.33. The number of hydrogen-bond acceptors (Lipinski definition) is 5. The van der Waals surface area contributed by atoms with E-state index in [0.717, 1.165) is 31.7 Å². The Hall–Kier alpha value is -2.29. The smallest absolute Gasteiger partial charge is 0.407 e. The lowest BCUT2D eigenvalue weighted by atomic mass is 10.1. The third-order valence-electron chi connectivity index (χ3n) is 3.34. The molecule has 0 aromatic carbocycles. The molecule has 6 heteroatoms. The summed E-state index contributed by atoms with van der Waals surface area (Å²) in [6, 6.07) is 1.93. The maximum atomic E-state index is 11.8. The average molecular weight is 302 g/mol. The molecule has 1 amide bonds. The Morgan fingerprint density at radius 3 is 2.68 bits per heavy atom. The molecule has 6 nitrogen and oxygen atoms in total. The summed E-state index contributed by atoms with van der Waals surface area (Å²) in [5.41, 5.74) is 0.108. The van der Waals surface area contributed by atoms with E-state index in [1.807, 2.05) is 26.8 Å². The first-order valence-corrected chi connectivity index (χ1v) is 7.40. The highest BCUT2D eigenvalue weighted by Crippen LogP contribution is 2.18. The van der Waals surface area contributed by atoms with Crippen LogP contribution in [0.2, 0.25) is 0 Å². The van der Waals surface area contributed by atoms with Crippen molar-refractivity contribution in [2.24, 2.45) is 0 Å². The highest BCUT2D eigenvalue weighted by atomic mass is 16.6. The van der Waals surface area contributed by atoms with E-state index in [0.29, 0.717) is 5.69 Å². The van der Waals surface area contributed by atoms with Gasteiger partial charge in [-0.25, -0.2) is 14.8 Å².